The Morgan fingerprint density at radius 3 is 2.44 bits per heavy atom. The van der Waals surface area contributed by atoms with Crippen molar-refractivity contribution in [2.45, 2.75) is 32.4 Å². The zero-order valence-corrected chi connectivity index (χ0v) is 11.1. The van der Waals surface area contributed by atoms with Gasteiger partial charge in [-0.25, -0.2) is 8.78 Å². The molecule has 18 heavy (non-hydrogen) atoms. The molecule has 1 aliphatic rings. The Bertz CT molecular complexity index is 402. The minimum atomic E-state index is -0.520. The minimum absolute atomic E-state index is 0.00565. The second kappa shape index (κ2) is 5.22. The molecule has 0 amide bonds. The summed E-state index contributed by atoms with van der Waals surface area (Å²) in [5, 5.41) is 3.04. The van der Waals surface area contributed by atoms with Crippen LogP contribution in [0, 0.1) is 17.6 Å². The Morgan fingerprint density at radius 1 is 1.22 bits per heavy atom. The van der Waals surface area contributed by atoms with E-state index in [1.54, 1.807) is 0 Å². The molecule has 0 spiro atoms. The van der Waals surface area contributed by atoms with E-state index in [1.807, 2.05) is 0 Å². The molecule has 1 heterocycles. The number of rotatable bonds is 2. The highest BCUT2D eigenvalue weighted by atomic mass is 19.1. The van der Waals surface area contributed by atoms with Crippen LogP contribution in [-0.4, -0.2) is 30.6 Å². The van der Waals surface area contributed by atoms with Gasteiger partial charge in [-0.15, -0.1) is 0 Å². The average Bonchev–Trinajstić information content (AvgIpc) is 2.30. The fourth-order valence-corrected chi connectivity index (χ4v) is 2.56. The van der Waals surface area contributed by atoms with Crippen molar-refractivity contribution in [1.82, 2.24) is 4.90 Å². The molecule has 0 bridgehead atoms. The summed E-state index contributed by atoms with van der Waals surface area (Å²) in [5.41, 5.74) is 0.00565. The van der Waals surface area contributed by atoms with Gasteiger partial charge in [0.15, 0.2) is 0 Å². The summed E-state index contributed by atoms with van der Waals surface area (Å²) in [6, 6.07) is 4.50. The predicted molar refractivity (Wildman–Crippen MR) is 69.6 cm³/mol. The van der Waals surface area contributed by atoms with E-state index in [-0.39, 0.29) is 11.7 Å². The van der Waals surface area contributed by atoms with Crippen molar-refractivity contribution in [3.63, 3.8) is 0 Å². The molecule has 1 aromatic rings. The highest BCUT2D eigenvalue weighted by Gasteiger charge is 2.29. The number of anilines is 1. The number of nitrogens with zero attached hydrogens (tertiary/aromatic N) is 1. The molecular weight excluding hydrogens is 234 g/mol. The van der Waals surface area contributed by atoms with Crippen LogP contribution in [0.2, 0.25) is 0 Å². The number of hydrogen-bond donors (Lipinski definition) is 1. The first kappa shape index (κ1) is 13.3. The first-order chi connectivity index (χ1) is 8.49. The van der Waals surface area contributed by atoms with Crippen molar-refractivity contribution in [3.8, 4) is 0 Å². The number of hydrogen-bond acceptors (Lipinski definition) is 2. The maximum Gasteiger partial charge on any atom is 0.149 e. The zero-order chi connectivity index (χ0) is 13.3. The number of likely N-dealkylation sites (tertiary alicyclic amines) is 1. The summed E-state index contributed by atoms with van der Waals surface area (Å²) in [5.74, 6) is -0.673. The Kier molecular flexibility index (Phi) is 3.85. The summed E-state index contributed by atoms with van der Waals surface area (Å²) in [6.07, 6.45) is 0.894. The van der Waals surface area contributed by atoms with E-state index in [0.717, 1.165) is 13.0 Å². The van der Waals surface area contributed by atoms with E-state index >= 15 is 0 Å². The lowest BCUT2D eigenvalue weighted by molar-refractivity contribution is 0.145. The van der Waals surface area contributed by atoms with E-state index in [9.17, 15) is 8.78 Å². The lowest BCUT2D eigenvalue weighted by atomic mass is 9.89. The lowest BCUT2D eigenvalue weighted by Gasteiger charge is -2.40. The summed E-state index contributed by atoms with van der Waals surface area (Å²) < 4.78 is 27.2. The van der Waals surface area contributed by atoms with Gasteiger partial charge in [-0.2, -0.15) is 0 Å². The monoisotopic (exact) mass is 254 g/mol. The van der Waals surface area contributed by atoms with Crippen molar-refractivity contribution >= 4 is 5.69 Å². The molecule has 1 N–H and O–H groups in total. The maximum absolute atomic E-state index is 13.6. The van der Waals surface area contributed by atoms with Gasteiger partial charge in [0.05, 0.1) is 0 Å². The van der Waals surface area contributed by atoms with Crippen LogP contribution in [0.4, 0.5) is 14.5 Å². The van der Waals surface area contributed by atoms with E-state index in [1.165, 1.54) is 18.2 Å². The number of para-hydroxylation sites is 1. The second-order valence-corrected chi connectivity index (χ2v) is 5.35. The van der Waals surface area contributed by atoms with Crippen LogP contribution in [0.3, 0.4) is 0 Å². The van der Waals surface area contributed by atoms with Gasteiger partial charge < -0.3 is 10.2 Å². The third-order valence-corrected chi connectivity index (χ3v) is 3.90. The summed E-state index contributed by atoms with van der Waals surface area (Å²) >= 11 is 0. The van der Waals surface area contributed by atoms with Crippen molar-refractivity contribution in [2.75, 3.05) is 18.9 Å². The molecule has 1 fully saturated rings. The molecule has 1 saturated heterocycles. The Hall–Kier alpha value is -1.16. The first-order valence-electron chi connectivity index (χ1n) is 6.40. The van der Waals surface area contributed by atoms with Gasteiger partial charge >= 0.3 is 0 Å². The molecule has 2 rings (SSSR count). The van der Waals surface area contributed by atoms with Gasteiger partial charge in [0, 0.05) is 18.6 Å². The van der Waals surface area contributed by atoms with Crippen LogP contribution in [0.1, 0.15) is 20.3 Å². The number of nitrogens with one attached hydrogen (secondary N) is 1. The molecule has 3 unspecified atom stereocenters. The fraction of sp³-hybridized carbons (Fsp3) is 0.571. The van der Waals surface area contributed by atoms with Gasteiger partial charge in [0.25, 0.3) is 0 Å². The van der Waals surface area contributed by atoms with Crippen molar-refractivity contribution in [3.05, 3.63) is 29.8 Å². The van der Waals surface area contributed by atoms with Crippen LogP contribution in [-0.2, 0) is 0 Å². The number of halogens is 2. The van der Waals surface area contributed by atoms with Gasteiger partial charge in [-0.3, -0.25) is 0 Å². The zero-order valence-electron chi connectivity index (χ0n) is 11.1. The molecule has 0 saturated carbocycles. The van der Waals surface area contributed by atoms with Crippen LogP contribution >= 0.6 is 0 Å². The molecule has 2 nitrogen and oxygen atoms in total. The van der Waals surface area contributed by atoms with Crippen LogP contribution in [0.5, 0.6) is 0 Å². The third kappa shape index (κ3) is 2.64. The van der Waals surface area contributed by atoms with Gasteiger partial charge in [-0.05, 0) is 38.4 Å². The van der Waals surface area contributed by atoms with Crippen molar-refractivity contribution < 1.29 is 8.78 Å². The first-order valence-corrected chi connectivity index (χ1v) is 6.40. The normalized spacial score (nSPS) is 29.3. The third-order valence-electron chi connectivity index (χ3n) is 3.90. The van der Waals surface area contributed by atoms with E-state index < -0.39 is 11.6 Å². The standard InChI is InChI=1S/C14H20F2N2/c1-9-8-18(3)10(2)7-13(9)17-14-11(15)5-4-6-12(14)16/h4-6,9-10,13,17H,7-8H2,1-3H3. The van der Waals surface area contributed by atoms with E-state index in [2.05, 4.69) is 31.1 Å². The SMILES string of the molecule is CC1CN(C)C(C)CC1Nc1c(F)cccc1F. The topological polar surface area (TPSA) is 15.3 Å². The fourth-order valence-electron chi connectivity index (χ4n) is 2.56. The minimum Gasteiger partial charge on any atom is -0.377 e. The van der Waals surface area contributed by atoms with Gasteiger partial charge in [-0.1, -0.05) is 13.0 Å². The van der Waals surface area contributed by atoms with Gasteiger partial charge in [0.1, 0.15) is 17.3 Å². The molecule has 100 valence electrons. The van der Waals surface area contributed by atoms with Crippen LogP contribution < -0.4 is 5.32 Å². The second-order valence-electron chi connectivity index (χ2n) is 5.35. The summed E-state index contributed by atoms with van der Waals surface area (Å²) in [7, 11) is 2.08. The van der Waals surface area contributed by atoms with Gasteiger partial charge in [0.2, 0.25) is 0 Å². The highest BCUT2D eigenvalue weighted by Crippen LogP contribution is 2.26. The summed E-state index contributed by atoms with van der Waals surface area (Å²) in [6.45, 7) is 5.19. The van der Waals surface area contributed by atoms with Crippen molar-refractivity contribution in [1.29, 1.82) is 0 Å². The maximum atomic E-state index is 13.6. The number of benzene rings is 1. The Balaban J connectivity index is 2.14. The largest absolute Gasteiger partial charge is 0.377 e. The molecular formula is C14H20F2N2. The Morgan fingerprint density at radius 2 is 1.83 bits per heavy atom. The van der Waals surface area contributed by atoms with E-state index in [4.69, 9.17) is 0 Å². The predicted octanol–water partition coefficient (Wildman–Crippen LogP) is 3.11. The Labute approximate surface area is 107 Å². The average molecular weight is 254 g/mol. The molecule has 4 heteroatoms. The molecule has 3 atom stereocenters. The van der Waals surface area contributed by atoms with Crippen LogP contribution in [0.15, 0.2) is 18.2 Å². The molecule has 0 radical (unpaired) electrons. The summed E-state index contributed by atoms with van der Waals surface area (Å²) in [4.78, 5) is 2.28. The molecule has 0 aliphatic carbocycles. The molecule has 1 aliphatic heterocycles. The molecule has 1 aromatic carbocycles. The molecule has 0 aromatic heterocycles. The quantitative estimate of drug-likeness (QED) is 0.872. The van der Waals surface area contributed by atoms with Crippen molar-refractivity contribution in [2.24, 2.45) is 5.92 Å². The lowest BCUT2D eigenvalue weighted by Crippen LogP contribution is -2.48. The number of piperidine rings is 1. The van der Waals surface area contributed by atoms with Crippen LogP contribution in [0.25, 0.3) is 0 Å². The highest BCUT2D eigenvalue weighted by molar-refractivity contribution is 5.47. The van der Waals surface area contributed by atoms with E-state index in [0.29, 0.717) is 12.0 Å². The smallest absolute Gasteiger partial charge is 0.149 e.